The molecule has 0 radical (unpaired) electrons. The van der Waals surface area contributed by atoms with Crippen LogP contribution in [0.15, 0.2) is 49.6 Å². The predicted molar refractivity (Wildman–Crippen MR) is 77.9 cm³/mol. The Bertz CT molecular complexity index is 382. The lowest BCUT2D eigenvalue weighted by atomic mass is 10.1. The van der Waals surface area contributed by atoms with E-state index in [-0.39, 0.29) is 0 Å². The maximum absolute atomic E-state index is 10.1. The van der Waals surface area contributed by atoms with Crippen molar-refractivity contribution in [2.75, 3.05) is 19.6 Å². The minimum atomic E-state index is -0.485. The number of nitrogens with zero attached hydrogens (tertiary/aromatic N) is 1. The van der Waals surface area contributed by atoms with Gasteiger partial charge < -0.3 is 5.11 Å². The van der Waals surface area contributed by atoms with Crippen LogP contribution in [0.1, 0.15) is 18.1 Å². The zero-order valence-electron chi connectivity index (χ0n) is 10.6. The Kier molecular flexibility index (Phi) is 6.73. The van der Waals surface area contributed by atoms with Gasteiger partial charge in [-0.2, -0.15) is 0 Å². The molecule has 0 amide bonds. The molecule has 18 heavy (non-hydrogen) atoms. The van der Waals surface area contributed by atoms with E-state index in [4.69, 9.17) is 11.6 Å². The summed E-state index contributed by atoms with van der Waals surface area (Å²) >= 11 is 5.90. The Morgan fingerprint density at radius 1 is 1.28 bits per heavy atom. The first-order valence-electron chi connectivity index (χ1n) is 6.05. The maximum atomic E-state index is 10.1. The van der Waals surface area contributed by atoms with Gasteiger partial charge in [0.2, 0.25) is 0 Å². The molecule has 0 saturated heterocycles. The predicted octanol–water partition coefficient (Wildman–Crippen LogP) is 3.44. The molecule has 0 aliphatic heterocycles. The Morgan fingerprint density at radius 2 is 1.94 bits per heavy atom. The van der Waals surface area contributed by atoms with Gasteiger partial charge in [0.15, 0.2) is 0 Å². The molecule has 0 fully saturated rings. The zero-order valence-corrected chi connectivity index (χ0v) is 11.3. The van der Waals surface area contributed by atoms with Crippen molar-refractivity contribution in [3.8, 4) is 0 Å². The van der Waals surface area contributed by atoms with Gasteiger partial charge in [0.1, 0.15) is 0 Å². The van der Waals surface area contributed by atoms with Crippen LogP contribution < -0.4 is 0 Å². The summed E-state index contributed by atoms with van der Waals surface area (Å²) in [6.45, 7) is 9.84. The molecule has 0 spiro atoms. The van der Waals surface area contributed by atoms with Gasteiger partial charge in [0.25, 0.3) is 0 Å². The normalized spacial score (nSPS) is 12.4. The average Bonchev–Trinajstić information content (AvgIpc) is 2.36. The highest BCUT2D eigenvalue weighted by Crippen LogP contribution is 2.20. The largest absolute Gasteiger partial charge is 0.388 e. The molecule has 1 N–H and O–H groups in total. The second-order valence-electron chi connectivity index (χ2n) is 4.20. The van der Waals surface area contributed by atoms with Crippen LogP contribution in [-0.4, -0.2) is 29.6 Å². The summed E-state index contributed by atoms with van der Waals surface area (Å²) in [5.74, 6) is 0. The van der Waals surface area contributed by atoms with E-state index in [2.05, 4.69) is 18.1 Å². The topological polar surface area (TPSA) is 23.5 Å². The molecule has 0 saturated carbocycles. The Balaban J connectivity index is 2.50. The van der Waals surface area contributed by atoms with Gasteiger partial charge in [-0.25, -0.2) is 0 Å². The quantitative estimate of drug-likeness (QED) is 0.728. The highest BCUT2D eigenvalue weighted by atomic mass is 35.5. The van der Waals surface area contributed by atoms with Crippen molar-refractivity contribution in [3.05, 3.63) is 60.2 Å². The SMILES string of the molecule is C=CCN(CC=C)CCC(O)c1cccc(Cl)c1. The van der Waals surface area contributed by atoms with Crippen molar-refractivity contribution in [2.45, 2.75) is 12.5 Å². The molecule has 1 unspecified atom stereocenters. The zero-order chi connectivity index (χ0) is 13.4. The van der Waals surface area contributed by atoms with Gasteiger partial charge in [-0.3, -0.25) is 4.90 Å². The molecule has 0 aromatic heterocycles. The van der Waals surface area contributed by atoms with Crippen molar-refractivity contribution in [3.63, 3.8) is 0 Å². The van der Waals surface area contributed by atoms with Crippen molar-refractivity contribution < 1.29 is 5.11 Å². The number of benzene rings is 1. The summed E-state index contributed by atoms with van der Waals surface area (Å²) in [6.07, 6.45) is 3.90. The molecule has 0 aliphatic rings. The molecule has 1 aromatic rings. The van der Waals surface area contributed by atoms with E-state index in [1.54, 1.807) is 12.1 Å². The third-order valence-corrected chi connectivity index (χ3v) is 2.96. The van der Waals surface area contributed by atoms with Crippen LogP contribution >= 0.6 is 11.6 Å². The summed E-state index contributed by atoms with van der Waals surface area (Å²) in [7, 11) is 0. The van der Waals surface area contributed by atoms with Crippen LogP contribution in [0.25, 0.3) is 0 Å². The van der Waals surface area contributed by atoms with Gasteiger partial charge in [-0.15, -0.1) is 13.2 Å². The number of halogens is 1. The standard InChI is InChI=1S/C15H20ClNO/c1-3-9-17(10-4-2)11-8-15(18)13-6-5-7-14(16)12-13/h3-7,12,15,18H,1-2,8-11H2. The van der Waals surface area contributed by atoms with Gasteiger partial charge in [0.05, 0.1) is 6.10 Å². The highest BCUT2D eigenvalue weighted by Gasteiger charge is 2.10. The minimum absolute atomic E-state index is 0.485. The number of hydrogen-bond acceptors (Lipinski definition) is 2. The fourth-order valence-corrected chi connectivity index (χ4v) is 2.01. The minimum Gasteiger partial charge on any atom is -0.388 e. The van der Waals surface area contributed by atoms with E-state index < -0.39 is 6.10 Å². The van der Waals surface area contributed by atoms with E-state index >= 15 is 0 Å². The van der Waals surface area contributed by atoms with E-state index in [0.717, 1.165) is 25.2 Å². The van der Waals surface area contributed by atoms with Crippen LogP contribution in [0.2, 0.25) is 5.02 Å². The molecular weight excluding hydrogens is 246 g/mol. The Labute approximate surface area is 114 Å². The van der Waals surface area contributed by atoms with Gasteiger partial charge in [0, 0.05) is 24.7 Å². The lowest BCUT2D eigenvalue weighted by Gasteiger charge is -2.20. The number of hydrogen-bond donors (Lipinski definition) is 1. The molecule has 98 valence electrons. The molecule has 0 aliphatic carbocycles. The summed E-state index contributed by atoms with van der Waals surface area (Å²) in [4.78, 5) is 2.17. The fraction of sp³-hybridized carbons (Fsp3) is 0.333. The molecular formula is C15H20ClNO. The smallest absolute Gasteiger partial charge is 0.0802 e. The number of aliphatic hydroxyl groups is 1. The summed E-state index contributed by atoms with van der Waals surface area (Å²) in [5, 5.41) is 10.7. The molecule has 1 rings (SSSR count). The van der Waals surface area contributed by atoms with Crippen molar-refractivity contribution in [1.29, 1.82) is 0 Å². The van der Waals surface area contributed by atoms with E-state index in [1.807, 2.05) is 24.3 Å². The molecule has 3 heteroatoms. The third-order valence-electron chi connectivity index (χ3n) is 2.73. The lowest BCUT2D eigenvalue weighted by molar-refractivity contribution is 0.148. The van der Waals surface area contributed by atoms with E-state index in [1.165, 1.54) is 0 Å². The highest BCUT2D eigenvalue weighted by molar-refractivity contribution is 6.30. The third kappa shape index (κ3) is 5.05. The van der Waals surface area contributed by atoms with Gasteiger partial charge in [-0.05, 0) is 24.1 Å². The molecule has 1 aromatic carbocycles. The van der Waals surface area contributed by atoms with E-state index in [9.17, 15) is 5.11 Å². The van der Waals surface area contributed by atoms with Crippen molar-refractivity contribution >= 4 is 11.6 Å². The monoisotopic (exact) mass is 265 g/mol. The second kappa shape index (κ2) is 8.09. The summed E-state index contributed by atoms with van der Waals surface area (Å²) in [6, 6.07) is 7.35. The first-order valence-corrected chi connectivity index (χ1v) is 6.43. The number of rotatable bonds is 8. The summed E-state index contributed by atoms with van der Waals surface area (Å²) < 4.78 is 0. The van der Waals surface area contributed by atoms with Crippen LogP contribution in [0.3, 0.4) is 0 Å². The number of aliphatic hydroxyl groups excluding tert-OH is 1. The molecule has 0 bridgehead atoms. The molecule has 0 heterocycles. The van der Waals surface area contributed by atoms with Crippen LogP contribution in [-0.2, 0) is 0 Å². The average molecular weight is 266 g/mol. The maximum Gasteiger partial charge on any atom is 0.0802 e. The molecule has 2 nitrogen and oxygen atoms in total. The van der Waals surface area contributed by atoms with Gasteiger partial charge in [-0.1, -0.05) is 35.9 Å². The fourth-order valence-electron chi connectivity index (χ4n) is 1.81. The van der Waals surface area contributed by atoms with Gasteiger partial charge >= 0.3 is 0 Å². The summed E-state index contributed by atoms with van der Waals surface area (Å²) in [5.41, 5.74) is 0.861. The molecule has 1 atom stereocenters. The van der Waals surface area contributed by atoms with Crippen molar-refractivity contribution in [2.24, 2.45) is 0 Å². The first kappa shape index (κ1) is 15.0. The second-order valence-corrected chi connectivity index (χ2v) is 4.63. The van der Waals surface area contributed by atoms with Crippen LogP contribution in [0.5, 0.6) is 0 Å². The van der Waals surface area contributed by atoms with Crippen molar-refractivity contribution in [1.82, 2.24) is 4.90 Å². The Hall–Kier alpha value is -1.09. The Morgan fingerprint density at radius 3 is 2.50 bits per heavy atom. The van der Waals surface area contributed by atoms with Crippen LogP contribution in [0.4, 0.5) is 0 Å². The van der Waals surface area contributed by atoms with Crippen LogP contribution in [0, 0.1) is 0 Å². The first-order chi connectivity index (χ1) is 8.67. The van der Waals surface area contributed by atoms with E-state index in [0.29, 0.717) is 11.4 Å². The lowest BCUT2D eigenvalue weighted by Crippen LogP contribution is -2.26.